The maximum absolute atomic E-state index is 11.1. The Labute approximate surface area is 118 Å². The molecule has 1 aliphatic rings. The summed E-state index contributed by atoms with van der Waals surface area (Å²) in [6.07, 6.45) is 3.57. The maximum Gasteiger partial charge on any atom is 0.292 e. The fourth-order valence-electron chi connectivity index (χ4n) is 2.57. The lowest BCUT2D eigenvalue weighted by atomic mass is 10.0. The van der Waals surface area contributed by atoms with Crippen molar-refractivity contribution in [3.63, 3.8) is 0 Å². The van der Waals surface area contributed by atoms with Gasteiger partial charge in [0, 0.05) is 24.7 Å². The molecular formula is C14H21N3O3. The summed E-state index contributed by atoms with van der Waals surface area (Å²) in [4.78, 5) is 13.0. The van der Waals surface area contributed by atoms with Gasteiger partial charge in [-0.2, -0.15) is 0 Å². The molecule has 20 heavy (non-hydrogen) atoms. The number of likely N-dealkylation sites (tertiary alicyclic amines) is 1. The molecule has 2 rings (SSSR count). The molecule has 1 unspecified atom stereocenters. The molecule has 1 aromatic carbocycles. The van der Waals surface area contributed by atoms with Gasteiger partial charge < -0.3 is 15.0 Å². The highest BCUT2D eigenvalue weighted by atomic mass is 16.6. The second-order valence-electron chi connectivity index (χ2n) is 5.15. The molecule has 1 aliphatic heterocycles. The monoisotopic (exact) mass is 279 g/mol. The van der Waals surface area contributed by atoms with E-state index in [1.54, 1.807) is 19.2 Å². The number of piperidine rings is 1. The fraction of sp³-hybridized carbons (Fsp3) is 0.571. The van der Waals surface area contributed by atoms with E-state index in [9.17, 15) is 10.1 Å². The average Bonchev–Trinajstić information content (AvgIpc) is 2.46. The Kier molecular flexibility index (Phi) is 4.79. The number of nitrogens with one attached hydrogen (secondary N) is 1. The van der Waals surface area contributed by atoms with Crippen molar-refractivity contribution in [2.45, 2.75) is 25.3 Å². The zero-order valence-corrected chi connectivity index (χ0v) is 12.0. The van der Waals surface area contributed by atoms with Crippen molar-refractivity contribution in [3.05, 3.63) is 28.3 Å². The Morgan fingerprint density at radius 1 is 1.50 bits per heavy atom. The van der Waals surface area contributed by atoms with Crippen molar-refractivity contribution in [1.82, 2.24) is 4.90 Å². The van der Waals surface area contributed by atoms with Crippen molar-refractivity contribution in [2.75, 3.05) is 32.6 Å². The van der Waals surface area contributed by atoms with E-state index < -0.39 is 0 Å². The molecular weight excluding hydrogens is 258 g/mol. The summed E-state index contributed by atoms with van der Waals surface area (Å²) in [5.41, 5.74) is 0.609. The van der Waals surface area contributed by atoms with Crippen LogP contribution in [0.4, 0.5) is 11.4 Å². The van der Waals surface area contributed by atoms with Crippen LogP contribution in [0.2, 0.25) is 0 Å². The van der Waals surface area contributed by atoms with Crippen molar-refractivity contribution in [3.8, 4) is 5.75 Å². The van der Waals surface area contributed by atoms with Crippen LogP contribution in [-0.2, 0) is 0 Å². The lowest BCUT2D eigenvalue weighted by Crippen LogP contribution is -2.40. The van der Waals surface area contributed by atoms with Crippen LogP contribution in [0.3, 0.4) is 0 Å². The number of ether oxygens (including phenoxy) is 1. The summed E-state index contributed by atoms with van der Waals surface area (Å²) in [6.45, 7) is 1.80. The summed E-state index contributed by atoms with van der Waals surface area (Å²) >= 11 is 0. The Balaban J connectivity index is 2.08. The number of nitrogens with zero attached hydrogens (tertiary/aromatic N) is 2. The molecule has 1 N–H and O–H groups in total. The highest BCUT2D eigenvalue weighted by Crippen LogP contribution is 2.29. The number of nitro groups is 1. The standard InChI is InChI=1S/C14H21N3O3/c1-16-8-4-3-5-11(16)10-15-13-9-12(20-2)6-7-14(13)17(18)19/h6-7,9,11,15H,3-5,8,10H2,1-2H3. The maximum atomic E-state index is 11.1. The Morgan fingerprint density at radius 3 is 2.95 bits per heavy atom. The number of rotatable bonds is 5. The van der Waals surface area contributed by atoms with Gasteiger partial charge >= 0.3 is 0 Å². The molecule has 1 aromatic rings. The minimum Gasteiger partial charge on any atom is -0.497 e. The second kappa shape index (κ2) is 6.56. The number of nitro benzene ring substituents is 1. The average molecular weight is 279 g/mol. The zero-order chi connectivity index (χ0) is 14.5. The molecule has 0 aromatic heterocycles. The van der Waals surface area contributed by atoms with E-state index in [0.717, 1.165) is 13.0 Å². The Hall–Kier alpha value is -1.82. The van der Waals surface area contributed by atoms with Crippen LogP contribution < -0.4 is 10.1 Å². The number of anilines is 1. The molecule has 6 nitrogen and oxygen atoms in total. The molecule has 1 fully saturated rings. The van der Waals surface area contributed by atoms with E-state index in [1.165, 1.54) is 18.9 Å². The van der Waals surface area contributed by atoms with Crippen LogP contribution in [0.1, 0.15) is 19.3 Å². The van der Waals surface area contributed by atoms with E-state index >= 15 is 0 Å². The summed E-state index contributed by atoms with van der Waals surface area (Å²) in [5.74, 6) is 0.620. The van der Waals surface area contributed by atoms with Crippen LogP contribution >= 0.6 is 0 Å². The molecule has 0 radical (unpaired) electrons. The van der Waals surface area contributed by atoms with Gasteiger partial charge in [-0.3, -0.25) is 10.1 Å². The smallest absolute Gasteiger partial charge is 0.292 e. The van der Waals surface area contributed by atoms with E-state index in [0.29, 0.717) is 24.0 Å². The summed E-state index contributed by atoms with van der Waals surface area (Å²) in [7, 11) is 3.66. The van der Waals surface area contributed by atoms with Gasteiger partial charge in [0.15, 0.2) is 0 Å². The predicted molar refractivity (Wildman–Crippen MR) is 78.4 cm³/mol. The molecule has 1 heterocycles. The van der Waals surface area contributed by atoms with Crippen LogP contribution in [0.15, 0.2) is 18.2 Å². The quantitative estimate of drug-likeness (QED) is 0.662. The van der Waals surface area contributed by atoms with Crippen molar-refractivity contribution in [2.24, 2.45) is 0 Å². The third-order valence-electron chi connectivity index (χ3n) is 3.85. The van der Waals surface area contributed by atoms with Crippen molar-refractivity contribution in [1.29, 1.82) is 0 Å². The Bertz CT molecular complexity index is 479. The minimum absolute atomic E-state index is 0.0873. The molecule has 0 spiro atoms. The topological polar surface area (TPSA) is 67.6 Å². The fourth-order valence-corrected chi connectivity index (χ4v) is 2.57. The van der Waals surface area contributed by atoms with Crippen LogP contribution in [0, 0.1) is 10.1 Å². The normalized spacial score (nSPS) is 19.6. The van der Waals surface area contributed by atoms with Crippen LogP contribution in [0.25, 0.3) is 0 Å². The molecule has 0 amide bonds. The molecule has 0 saturated carbocycles. The van der Waals surface area contributed by atoms with Gasteiger partial charge in [0.05, 0.1) is 12.0 Å². The van der Waals surface area contributed by atoms with E-state index in [-0.39, 0.29) is 10.6 Å². The van der Waals surface area contributed by atoms with Gasteiger partial charge in [-0.05, 0) is 32.5 Å². The lowest BCUT2D eigenvalue weighted by Gasteiger charge is -2.32. The van der Waals surface area contributed by atoms with Gasteiger partial charge in [0.2, 0.25) is 0 Å². The van der Waals surface area contributed by atoms with Gasteiger partial charge in [0.1, 0.15) is 11.4 Å². The third-order valence-corrected chi connectivity index (χ3v) is 3.85. The number of hydrogen-bond acceptors (Lipinski definition) is 5. The van der Waals surface area contributed by atoms with Gasteiger partial charge in [0.25, 0.3) is 5.69 Å². The summed E-state index contributed by atoms with van der Waals surface area (Å²) < 4.78 is 5.13. The highest BCUT2D eigenvalue weighted by molar-refractivity contribution is 5.64. The third kappa shape index (κ3) is 3.39. The predicted octanol–water partition coefficient (Wildman–Crippen LogP) is 2.50. The van der Waals surface area contributed by atoms with Crippen molar-refractivity contribution >= 4 is 11.4 Å². The minimum atomic E-state index is -0.369. The van der Waals surface area contributed by atoms with Crippen LogP contribution in [0.5, 0.6) is 5.75 Å². The first kappa shape index (κ1) is 14.6. The van der Waals surface area contributed by atoms with Crippen molar-refractivity contribution < 1.29 is 9.66 Å². The highest BCUT2D eigenvalue weighted by Gasteiger charge is 2.20. The zero-order valence-electron chi connectivity index (χ0n) is 12.0. The van der Waals surface area contributed by atoms with Crippen LogP contribution in [-0.4, -0.2) is 43.1 Å². The van der Waals surface area contributed by atoms with E-state index in [4.69, 9.17) is 4.74 Å². The second-order valence-corrected chi connectivity index (χ2v) is 5.15. The van der Waals surface area contributed by atoms with E-state index in [2.05, 4.69) is 17.3 Å². The first-order valence-corrected chi connectivity index (χ1v) is 6.88. The first-order valence-electron chi connectivity index (χ1n) is 6.88. The Morgan fingerprint density at radius 2 is 2.30 bits per heavy atom. The molecule has 6 heteroatoms. The number of methoxy groups -OCH3 is 1. The molecule has 1 saturated heterocycles. The number of likely N-dealkylation sites (N-methyl/N-ethyl adjacent to an activating group) is 1. The summed E-state index contributed by atoms with van der Waals surface area (Å²) in [5, 5.41) is 14.3. The number of benzene rings is 1. The molecule has 1 atom stereocenters. The van der Waals surface area contributed by atoms with Gasteiger partial charge in [-0.15, -0.1) is 0 Å². The lowest BCUT2D eigenvalue weighted by molar-refractivity contribution is -0.384. The molecule has 110 valence electrons. The number of hydrogen-bond donors (Lipinski definition) is 1. The SMILES string of the molecule is COc1ccc([N+](=O)[O-])c(NCC2CCCCN2C)c1. The largest absolute Gasteiger partial charge is 0.497 e. The van der Waals surface area contributed by atoms with Gasteiger partial charge in [-0.1, -0.05) is 6.42 Å². The van der Waals surface area contributed by atoms with Gasteiger partial charge in [-0.25, -0.2) is 0 Å². The van der Waals surface area contributed by atoms with E-state index in [1.807, 2.05) is 0 Å². The first-order chi connectivity index (χ1) is 9.61. The molecule has 0 bridgehead atoms. The molecule has 0 aliphatic carbocycles. The summed E-state index contributed by atoms with van der Waals surface area (Å²) in [6, 6.07) is 5.19.